The van der Waals surface area contributed by atoms with Gasteiger partial charge in [-0.3, -0.25) is 4.98 Å². The summed E-state index contributed by atoms with van der Waals surface area (Å²) in [5.74, 6) is 1.23. The van der Waals surface area contributed by atoms with Crippen molar-refractivity contribution in [3.05, 3.63) is 53.7 Å². The highest BCUT2D eigenvalue weighted by Crippen LogP contribution is 2.40. The fraction of sp³-hybridized carbons (Fsp3) is 0.211. The Kier molecular flexibility index (Phi) is 4.21. The lowest BCUT2D eigenvalue weighted by Crippen LogP contribution is -2.02. The third-order valence-electron chi connectivity index (χ3n) is 4.25. The van der Waals surface area contributed by atoms with Crippen molar-refractivity contribution < 1.29 is 13.5 Å². The largest absolute Gasteiger partial charge is 0.435 e. The molecule has 0 bridgehead atoms. The maximum Gasteiger partial charge on any atom is 0.387 e. The van der Waals surface area contributed by atoms with Crippen molar-refractivity contribution in [1.29, 1.82) is 0 Å². The molecule has 128 valence electrons. The summed E-state index contributed by atoms with van der Waals surface area (Å²) in [7, 11) is 0. The van der Waals surface area contributed by atoms with Crippen LogP contribution in [0.5, 0.6) is 5.75 Å². The Hall–Kier alpha value is -2.34. The number of aromatic nitrogens is 1. The minimum absolute atomic E-state index is 0.147. The Balaban J connectivity index is 1.74. The molecule has 1 aromatic heterocycles. The average Bonchev–Trinajstić information content (AvgIpc) is 3.07. The van der Waals surface area contributed by atoms with Crippen LogP contribution in [-0.2, 0) is 6.42 Å². The number of alkyl halides is 2. The zero-order valence-electron chi connectivity index (χ0n) is 13.6. The van der Waals surface area contributed by atoms with Crippen LogP contribution in [0, 0.1) is 6.92 Å². The molecule has 1 aliphatic rings. The fourth-order valence-electron chi connectivity index (χ4n) is 3.10. The van der Waals surface area contributed by atoms with E-state index < -0.39 is 6.61 Å². The van der Waals surface area contributed by atoms with Gasteiger partial charge < -0.3 is 10.1 Å². The third kappa shape index (κ3) is 3.14. The van der Waals surface area contributed by atoms with Crippen LogP contribution in [0.2, 0.25) is 0 Å². The van der Waals surface area contributed by atoms with Crippen LogP contribution >= 0.6 is 11.8 Å². The molecule has 4 rings (SSSR count). The van der Waals surface area contributed by atoms with E-state index in [2.05, 4.69) is 27.2 Å². The molecule has 6 heteroatoms. The molecule has 0 radical (unpaired) electrons. The Morgan fingerprint density at radius 1 is 1.16 bits per heavy atom. The number of ether oxygens (including phenoxy) is 1. The molecule has 2 heterocycles. The average molecular weight is 358 g/mol. The topological polar surface area (TPSA) is 34.2 Å². The molecule has 1 aliphatic heterocycles. The van der Waals surface area contributed by atoms with Crippen LogP contribution in [-0.4, -0.2) is 17.3 Å². The van der Waals surface area contributed by atoms with Gasteiger partial charge in [0.1, 0.15) is 5.75 Å². The highest BCUT2D eigenvalue weighted by molar-refractivity contribution is 7.99. The predicted octanol–water partition coefficient (Wildman–Crippen LogP) is 5.54. The van der Waals surface area contributed by atoms with Crippen molar-refractivity contribution in [3.8, 4) is 5.75 Å². The summed E-state index contributed by atoms with van der Waals surface area (Å²) in [5, 5.41) is 4.58. The van der Waals surface area contributed by atoms with E-state index in [0.29, 0.717) is 0 Å². The van der Waals surface area contributed by atoms with Crippen molar-refractivity contribution in [2.24, 2.45) is 0 Å². The normalized spacial score (nSPS) is 13.3. The SMILES string of the molecule is Cc1cnc2ccc3c(c2c1Nc1ccc(OC(F)F)cc1)CCS3. The Morgan fingerprint density at radius 3 is 2.72 bits per heavy atom. The number of aryl methyl sites for hydroxylation is 2. The van der Waals surface area contributed by atoms with E-state index in [-0.39, 0.29) is 5.75 Å². The van der Waals surface area contributed by atoms with Gasteiger partial charge in [-0.05, 0) is 60.9 Å². The Morgan fingerprint density at radius 2 is 1.96 bits per heavy atom. The maximum atomic E-state index is 12.3. The van der Waals surface area contributed by atoms with Gasteiger partial charge in [0.25, 0.3) is 0 Å². The second kappa shape index (κ2) is 6.52. The second-order valence-electron chi connectivity index (χ2n) is 5.88. The van der Waals surface area contributed by atoms with Crippen LogP contribution in [0.25, 0.3) is 10.9 Å². The van der Waals surface area contributed by atoms with E-state index in [1.54, 1.807) is 12.1 Å². The van der Waals surface area contributed by atoms with Gasteiger partial charge in [0.2, 0.25) is 0 Å². The van der Waals surface area contributed by atoms with Crippen molar-refractivity contribution in [2.45, 2.75) is 24.9 Å². The highest BCUT2D eigenvalue weighted by atomic mass is 32.2. The van der Waals surface area contributed by atoms with Crippen molar-refractivity contribution in [2.75, 3.05) is 11.1 Å². The maximum absolute atomic E-state index is 12.3. The predicted molar refractivity (Wildman–Crippen MR) is 97.3 cm³/mol. The number of rotatable bonds is 4. The molecule has 0 unspecified atom stereocenters. The molecule has 0 saturated heterocycles. The first kappa shape index (κ1) is 16.1. The number of halogens is 2. The van der Waals surface area contributed by atoms with Crippen LogP contribution in [0.3, 0.4) is 0 Å². The number of hydrogen-bond acceptors (Lipinski definition) is 4. The minimum Gasteiger partial charge on any atom is -0.435 e. The minimum atomic E-state index is -2.81. The number of nitrogens with one attached hydrogen (secondary N) is 1. The number of pyridine rings is 1. The van der Waals surface area contributed by atoms with Gasteiger partial charge in [0.05, 0.1) is 11.2 Å². The number of fused-ring (bicyclic) bond motifs is 3. The van der Waals surface area contributed by atoms with Gasteiger partial charge >= 0.3 is 6.61 Å². The molecule has 0 saturated carbocycles. The summed E-state index contributed by atoms with van der Waals surface area (Å²) in [5.41, 5.74) is 5.18. The first-order chi connectivity index (χ1) is 12.1. The quantitative estimate of drug-likeness (QED) is 0.664. The summed E-state index contributed by atoms with van der Waals surface area (Å²) in [6, 6.07) is 10.7. The summed E-state index contributed by atoms with van der Waals surface area (Å²) in [6.07, 6.45) is 2.88. The fourth-order valence-corrected chi connectivity index (χ4v) is 4.17. The lowest BCUT2D eigenvalue weighted by molar-refractivity contribution is -0.0498. The first-order valence-electron chi connectivity index (χ1n) is 7.98. The lowest BCUT2D eigenvalue weighted by atomic mass is 10.0. The van der Waals surface area contributed by atoms with Crippen molar-refractivity contribution >= 4 is 34.0 Å². The molecule has 3 nitrogen and oxygen atoms in total. The van der Waals surface area contributed by atoms with Gasteiger partial charge in [-0.1, -0.05) is 0 Å². The monoisotopic (exact) mass is 358 g/mol. The number of nitrogens with zero attached hydrogens (tertiary/aromatic N) is 1. The molecule has 0 spiro atoms. The zero-order valence-corrected chi connectivity index (χ0v) is 14.4. The lowest BCUT2D eigenvalue weighted by Gasteiger charge is -2.15. The van der Waals surface area contributed by atoms with Crippen LogP contribution in [0.4, 0.5) is 20.2 Å². The van der Waals surface area contributed by atoms with Gasteiger partial charge in [0.15, 0.2) is 0 Å². The standard InChI is InChI=1S/C19H16F2N2OS/c1-11-10-22-15-6-7-16-14(8-9-25-16)17(15)18(11)23-12-2-4-13(5-3-12)24-19(20)21/h2-7,10,19H,8-9H2,1H3,(H,22,23). The number of benzene rings is 2. The molecule has 2 aromatic carbocycles. The third-order valence-corrected chi connectivity index (χ3v) is 5.35. The van der Waals surface area contributed by atoms with E-state index in [1.165, 1.54) is 22.6 Å². The van der Waals surface area contributed by atoms with Gasteiger partial charge in [-0.25, -0.2) is 0 Å². The van der Waals surface area contributed by atoms with Crippen LogP contribution in [0.15, 0.2) is 47.5 Å². The highest BCUT2D eigenvalue weighted by Gasteiger charge is 2.18. The van der Waals surface area contributed by atoms with E-state index in [1.807, 2.05) is 24.9 Å². The second-order valence-corrected chi connectivity index (χ2v) is 7.02. The molecule has 0 fully saturated rings. The number of anilines is 2. The van der Waals surface area contributed by atoms with Gasteiger partial charge in [-0.15, -0.1) is 11.8 Å². The molecular formula is C19H16F2N2OS. The smallest absolute Gasteiger partial charge is 0.387 e. The Bertz CT molecular complexity index is 929. The zero-order chi connectivity index (χ0) is 17.4. The summed E-state index contributed by atoms with van der Waals surface area (Å²) in [6.45, 7) is -0.796. The summed E-state index contributed by atoms with van der Waals surface area (Å²) in [4.78, 5) is 5.86. The van der Waals surface area contributed by atoms with Gasteiger partial charge in [-0.2, -0.15) is 8.78 Å². The van der Waals surface area contributed by atoms with Gasteiger partial charge in [0, 0.05) is 27.9 Å². The molecule has 1 N–H and O–H groups in total. The van der Waals surface area contributed by atoms with E-state index in [9.17, 15) is 8.78 Å². The molecule has 0 aliphatic carbocycles. The summed E-state index contributed by atoms with van der Waals surface area (Å²) < 4.78 is 29.0. The molecular weight excluding hydrogens is 342 g/mol. The molecule has 0 atom stereocenters. The number of hydrogen-bond donors (Lipinski definition) is 1. The van der Waals surface area contributed by atoms with Crippen molar-refractivity contribution in [1.82, 2.24) is 4.98 Å². The Labute approximate surface area is 148 Å². The van der Waals surface area contributed by atoms with E-state index in [0.717, 1.165) is 40.0 Å². The van der Waals surface area contributed by atoms with Crippen LogP contribution < -0.4 is 10.1 Å². The van der Waals surface area contributed by atoms with E-state index >= 15 is 0 Å². The molecule has 0 amide bonds. The number of thioether (sulfide) groups is 1. The molecule has 3 aromatic rings. The molecule has 25 heavy (non-hydrogen) atoms. The first-order valence-corrected chi connectivity index (χ1v) is 8.96. The van der Waals surface area contributed by atoms with Crippen molar-refractivity contribution in [3.63, 3.8) is 0 Å². The summed E-state index contributed by atoms with van der Waals surface area (Å²) >= 11 is 1.87. The van der Waals surface area contributed by atoms with Crippen LogP contribution in [0.1, 0.15) is 11.1 Å². The van der Waals surface area contributed by atoms with E-state index in [4.69, 9.17) is 0 Å².